The van der Waals surface area contributed by atoms with Crippen LogP contribution in [0.25, 0.3) is 0 Å². The van der Waals surface area contributed by atoms with Crippen LogP contribution in [0.1, 0.15) is 59.8 Å². The van der Waals surface area contributed by atoms with E-state index < -0.39 is 5.72 Å². The Bertz CT molecular complexity index is 448. The first kappa shape index (κ1) is 16.3. The summed E-state index contributed by atoms with van der Waals surface area (Å²) in [5, 5.41) is 0. The van der Waals surface area contributed by atoms with Crippen molar-refractivity contribution in [2.45, 2.75) is 65.5 Å². The quantitative estimate of drug-likeness (QED) is 0.731. The van der Waals surface area contributed by atoms with Gasteiger partial charge in [-0.15, -0.1) is 0 Å². The fourth-order valence-corrected chi connectivity index (χ4v) is 3.60. The smallest absolute Gasteiger partial charge is 0.221 e. The number of ether oxygens (including phenoxy) is 1. The molecule has 2 aliphatic rings. The highest BCUT2D eigenvalue weighted by atomic mass is 16.5. The van der Waals surface area contributed by atoms with Gasteiger partial charge >= 0.3 is 0 Å². The molecule has 0 aromatic carbocycles. The van der Waals surface area contributed by atoms with E-state index in [1.165, 1.54) is 12.0 Å². The summed E-state index contributed by atoms with van der Waals surface area (Å²) >= 11 is 0. The standard InChI is InChI=1S/C18H29NO2/c1-14(2)6-5-7-16-8-10-17(11-9-16)18(4)19(15(3)20)12-13-21-18/h6,8,17H,5,7,9-13H2,1-4H3/t17-,18-/m0/s1. The first-order chi connectivity index (χ1) is 9.93. The van der Waals surface area contributed by atoms with Crippen LogP contribution >= 0.6 is 0 Å². The second kappa shape index (κ2) is 6.78. The molecule has 2 rings (SSSR count). The van der Waals surface area contributed by atoms with Crippen molar-refractivity contribution in [3.63, 3.8) is 0 Å². The zero-order valence-electron chi connectivity index (χ0n) is 13.9. The number of carbonyl (C=O) groups is 1. The predicted octanol–water partition coefficient (Wildman–Crippen LogP) is 4.05. The third-order valence-corrected chi connectivity index (χ3v) is 4.91. The van der Waals surface area contributed by atoms with Crippen molar-refractivity contribution >= 4 is 5.91 Å². The molecule has 3 heteroatoms. The molecule has 21 heavy (non-hydrogen) atoms. The molecule has 3 nitrogen and oxygen atoms in total. The van der Waals surface area contributed by atoms with E-state index in [0.29, 0.717) is 12.5 Å². The number of allylic oxidation sites excluding steroid dienone is 4. The fraction of sp³-hybridized carbons (Fsp3) is 0.722. The maximum Gasteiger partial charge on any atom is 0.221 e. The van der Waals surface area contributed by atoms with Gasteiger partial charge in [0.1, 0.15) is 5.72 Å². The molecule has 118 valence electrons. The highest BCUT2D eigenvalue weighted by Crippen LogP contribution is 2.40. The van der Waals surface area contributed by atoms with Gasteiger partial charge in [-0.2, -0.15) is 0 Å². The van der Waals surface area contributed by atoms with Crippen molar-refractivity contribution in [2.24, 2.45) is 5.92 Å². The third-order valence-electron chi connectivity index (χ3n) is 4.91. The second-order valence-electron chi connectivity index (χ2n) is 6.73. The molecule has 1 aliphatic heterocycles. The van der Waals surface area contributed by atoms with Crippen LogP contribution in [-0.4, -0.2) is 29.7 Å². The summed E-state index contributed by atoms with van der Waals surface area (Å²) in [7, 11) is 0. The van der Waals surface area contributed by atoms with E-state index in [2.05, 4.69) is 32.9 Å². The number of carbonyl (C=O) groups excluding carboxylic acids is 1. The van der Waals surface area contributed by atoms with Gasteiger partial charge in [-0.25, -0.2) is 0 Å². The molecule has 0 aromatic rings. The number of nitrogens with zero attached hydrogens (tertiary/aromatic N) is 1. The summed E-state index contributed by atoms with van der Waals surface area (Å²) in [5.74, 6) is 0.560. The van der Waals surface area contributed by atoms with Gasteiger partial charge < -0.3 is 9.64 Å². The Kier molecular flexibility index (Phi) is 5.26. The van der Waals surface area contributed by atoms with Gasteiger partial charge in [0.2, 0.25) is 5.91 Å². The molecule has 0 spiro atoms. The van der Waals surface area contributed by atoms with Gasteiger partial charge in [-0.05, 0) is 52.9 Å². The van der Waals surface area contributed by atoms with Crippen molar-refractivity contribution < 1.29 is 9.53 Å². The van der Waals surface area contributed by atoms with Gasteiger partial charge in [0, 0.05) is 19.4 Å². The Hall–Kier alpha value is -1.09. The van der Waals surface area contributed by atoms with Gasteiger partial charge in [-0.3, -0.25) is 4.79 Å². The van der Waals surface area contributed by atoms with Crippen molar-refractivity contribution in [3.05, 3.63) is 23.3 Å². The summed E-state index contributed by atoms with van der Waals surface area (Å²) in [6.45, 7) is 9.45. The summed E-state index contributed by atoms with van der Waals surface area (Å²) in [4.78, 5) is 13.7. The van der Waals surface area contributed by atoms with Crippen LogP contribution < -0.4 is 0 Å². The normalized spacial score (nSPS) is 29.2. The molecule has 0 bridgehead atoms. The maximum absolute atomic E-state index is 11.8. The molecule has 0 unspecified atom stereocenters. The zero-order chi connectivity index (χ0) is 15.5. The van der Waals surface area contributed by atoms with Crippen LogP contribution in [0.3, 0.4) is 0 Å². The SMILES string of the molecule is CC(=O)N1CCO[C@@]1(C)[C@H]1CC=C(CCC=C(C)C)CC1. The molecule has 0 radical (unpaired) electrons. The lowest BCUT2D eigenvalue weighted by Crippen LogP contribution is -2.50. The molecular weight excluding hydrogens is 262 g/mol. The Morgan fingerprint density at radius 2 is 2.24 bits per heavy atom. The lowest BCUT2D eigenvalue weighted by molar-refractivity contribution is -0.154. The molecule has 1 fully saturated rings. The lowest BCUT2D eigenvalue weighted by Gasteiger charge is -2.41. The van der Waals surface area contributed by atoms with E-state index in [1.807, 2.05) is 4.90 Å². The van der Waals surface area contributed by atoms with Crippen LogP contribution in [0.5, 0.6) is 0 Å². The Morgan fingerprint density at radius 3 is 2.81 bits per heavy atom. The minimum Gasteiger partial charge on any atom is -0.354 e. The molecule has 0 N–H and O–H groups in total. The molecule has 0 aromatic heterocycles. The van der Waals surface area contributed by atoms with Crippen molar-refractivity contribution in [1.82, 2.24) is 4.90 Å². The lowest BCUT2D eigenvalue weighted by atomic mass is 9.81. The van der Waals surface area contributed by atoms with Crippen molar-refractivity contribution in [2.75, 3.05) is 13.2 Å². The first-order valence-electron chi connectivity index (χ1n) is 8.17. The highest BCUT2D eigenvalue weighted by Gasteiger charge is 2.45. The molecule has 2 atom stereocenters. The maximum atomic E-state index is 11.8. The average molecular weight is 291 g/mol. The molecule has 1 heterocycles. The largest absolute Gasteiger partial charge is 0.354 e. The Labute approximate surface area is 129 Å². The molecule has 0 saturated carbocycles. The zero-order valence-corrected chi connectivity index (χ0v) is 13.9. The number of hydrogen-bond donors (Lipinski definition) is 0. The van der Waals surface area contributed by atoms with Crippen LogP contribution in [0.2, 0.25) is 0 Å². The van der Waals surface area contributed by atoms with Crippen molar-refractivity contribution in [3.8, 4) is 0 Å². The average Bonchev–Trinajstić information content (AvgIpc) is 2.82. The van der Waals surface area contributed by atoms with E-state index in [1.54, 1.807) is 12.5 Å². The van der Waals surface area contributed by atoms with Gasteiger partial charge in [0.05, 0.1) is 6.61 Å². The number of rotatable bonds is 4. The van der Waals surface area contributed by atoms with E-state index >= 15 is 0 Å². The Morgan fingerprint density at radius 1 is 1.48 bits per heavy atom. The first-order valence-corrected chi connectivity index (χ1v) is 8.17. The minimum atomic E-state index is -0.395. The van der Waals surface area contributed by atoms with Crippen LogP contribution in [0.15, 0.2) is 23.3 Å². The van der Waals surface area contributed by atoms with E-state index in [0.717, 1.165) is 32.2 Å². The minimum absolute atomic E-state index is 0.133. The van der Waals surface area contributed by atoms with Crippen LogP contribution in [0.4, 0.5) is 0 Å². The number of amides is 1. The van der Waals surface area contributed by atoms with E-state index in [9.17, 15) is 4.79 Å². The van der Waals surface area contributed by atoms with Gasteiger partial charge in [0.15, 0.2) is 0 Å². The summed E-state index contributed by atoms with van der Waals surface area (Å²) in [6, 6.07) is 0. The summed E-state index contributed by atoms with van der Waals surface area (Å²) < 4.78 is 5.97. The summed E-state index contributed by atoms with van der Waals surface area (Å²) in [6.07, 6.45) is 10.3. The van der Waals surface area contributed by atoms with Crippen molar-refractivity contribution in [1.29, 1.82) is 0 Å². The fourth-order valence-electron chi connectivity index (χ4n) is 3.60. The molecule has 1 saturated heterocycles. The molecular formula is C18H29NO2. The monoisotopic (exact) mass is 291 g/mol. The van der Waals surface area contributed by atoms with E-state index in [4.69, 9.17) is 4.74 Å². The van der Waals surface area contributed by atoms with Gasteiger partial charge in [0.25, 0.3) is 0 Å². The molecule has 1 aliphatic carbocycles. The number of hydrogen-bond acceptors (Lipinski definition) is 2. The van der Waals surface area contributed by atoms with Gasteiger partial charge in [-0.1, -0.05) is 23.3 Å². The topological polar surface area (TPSA) is 29.5 Å². The Balaban J connectivity index is 1.95. The second-order valence-corrected chi connectivity index (χ2v) is 6.73. The molecule has 1 amide bonds. The van der Waals surface area contributed by atoms with E-state index in [-0.39, 0.29) is 5.91 Å². The van der Waals surface area contributed by atoms with Crippen LogP contribution in [0, 0.1) is 5.92 Å². The van der Waals surface area contributed by atoms with Crippen LogP contribution in [-0.2, 0) is 9.53 Å². The highest BCUT2D eigenvalue weighted by molar-refractivity contribution is 5.74. The summed E-state index contributed by atoms with van der Waals surface area (Å²) in [5.41, 5.74) is 2.57. The third kappa shape index (κ3) is 3.76. The predicted molar refractivity (Wildman–Crippen MR) is 85.8 cm³/mol.